The fraction of sp³-hybridized carbons (Fsp3) is 0.250. The van der Waals surface area contributed by atoms with Crippen LogP contribution in [0, 0.1) is 13.8 Å². The molecule has 0 aromatic heterocycles. The zero-order valence-electron chi connectivity index (χ0n) is 11.7. The summed E-state index contributed by atoms with van der Waals surface area (Å²) in [5, 5.41) is 0. The van der Waals surface area contributed by atoms with Crippen LogP contribution in [0.4, 0.5) is 13.2 Å². The first kappa shape index (κ1) is 15.8. The summed E-state index contributed by atoms with van der Waals surface area (Å²) in [6.45, 7) is 4.13. The number of alkyl halides is 3. The first-order chi connectivity index (χ1) is 9.85. The molecule has 0 saturated heterocycles. The van der Waals surface area contributed by atoms with Crippen molar-refractivity contribution in [1.29, 1.82) is 0 Å². The molecule has 0 fully saturated rings. The van der Waals surface area contributed by atoms with Crippen LogP contribution in [0.5, 0.6) is 5.75 Å². The normalized spacial score (nSPS) is 11.5. The highest BCUT2D eigenvalue weighted by Gasteiger charge is 2.30. The molecule has 0 atom stereocenters. The van der Waals surface area contributed by atoms with E-state index in [1.807, 2.05) is 12.1 Å². The zero-order valence-corrected chi connectivity index (χ0v) is 12.5. The van der Waals surface area contributed by atoms with Gasteiger partial charge in [0.2, 0.25) is 0 Å². The molecule has 21 heavy (non-hydrogen) atoms. The topological polar surface area (TPSA) is 9.23 Å². The van der Waals surface area contributed by atoms with Crippen molar-refractivity contribution in [2.45, 2.75) is 30.9 Å². The van der Waals surface area contributed by atoms with E-state index in [0.717, 1.165) is 5.56 Å². The van der Waals surface area contributed by atoms with Crippen LogP contribution in [0.15, 0.2) is 47.4 Å². The van der Waals surface area contributed by atoms with Crippen molar-refractivity contribution in [2.75, 3.05) is 0 Å². The summed E-state index contributed by atoms with van der Waals surface area (Å²) in [6, 6.07) is 12.1. The van der Waals surface area contributed by atoms with Crippen molar-refractivity contribution in [3.05, 3.63) is 59.2 Å². The van der Waals surface area contributed by atoms with E-state index < -0.39 is 6.36 Å². The Kier molecular flexibility index (Phi) is 4.83. The van der Waals surface area contributed by atoms with Crippen LogP contribution in [0.1, 0.15) is 16.7 Å². The second-order valence-electron chi connectivity index (χ2n) is 4.68. The van der Waals surface area contributed by atoms with Gasteiger partial charge in [-0.2, -0.15) is 0 Å². The van der Waals surface area contributed by atoms with E-state index in [2.05, 4.69) is 24.7 Å². The Morgan fingerprint density at radius 1 is 1.00 bits per heavy atom. The number of thioether (sulfide) groups is 1. The molecule has 0 bridgehead atoms. The van der Waals surface area contributed by atoms with Crippen LogP contribution in [0.25, 0.3) is 0 Å². The van der Waals surface area contributed by atoms with Crippen LogP contribution in [0.2, 0.25) is 0 Å². The summed E-state index contributed by atoms with van der Waals surface area (Å²) >= 11 is 1.67. The maximum atomic E-state index is 12.1. The van der Waals surface area contributed by atoms with Gasteiger partial charge in [-0.05, 0) is 48.7 Å². The predicted molar refractivity (Wildman–Crippen MR) is 78.6 cm³/mol. The Labute approximate surface area is 126 Å². The van der Waals surface area contributed by atoms with Crippen LogP contribution in [0.3, 0.4) is 0 Å². The van der Waals surface area contributed by atoms with Crippen molar-refractivity contribution in [2.24, 2.45) is 0 Å². The quantitative estimate of drug-likeness (QED) is 0.690. The maximum absolute atomic E-state index is 12.1. The van der Waals surface area contributed by atoms with Crippen molar-refractivity contribution >= 4 is 11.8 Å². The maximum Gasteiger partial charge on any atom is 0.573 e. The predicted octanol–water partition coefficient (Wildman–Crippen LogP) is 5.49. The lowest BCUT2D eigenvalue weighted by Crippen LogP contribution is -2.16. The lowest BCUT2D eigenvalue weighted by atomic mass is 10.1. The third-order valence-electron chi connectivity index (χ3n) is 3.11. The van der Waals surface area contributed by atoms with Crippen molar-refractivity contribution in [1.82, 2.24) is 0 Å². The van der Waals surface area contributed by atoms with Gasteiger partial charge >= 0.3 is 6.36 Å². The van der Waals surface area contributed by atoms with Crippen LogP contribution >= 0.6 is 11.8 Å². The number of ether oxygens (including phenoxy) is 1. The third kappa shape index (κ3) is 4.70. The van der Waals surface area contributed by atoms with E-state index in [1.54, 1.807) is 23.9 Å². The van der Waals surface area contributed by atoms with Gasteiger partial charge in [0.25, 0.3) is 0 Å². The van der Waals surface area contributed by atoms with Gasteiger partial charge in [0.1, 0.15) is 5.75 Å². The van der Waals surface area contributed by atoms with Gasteiger partial charge in [-0.15, -0.1) is 24.9 Å². The standard InChI is InChI=1S/C16H15F3OS/c1-11-4-3-5-15(12(11)2)21-10-13-6-8-14(9-7-13)20-16(17,18)19/h3-9H,10H2,1-2H3. The molecule has 0 radical (unpaired) electrons. The average molecular weight is 312 g/mol. The average Bonchev–Trinajstić information content (AvgIpc) is 2.40. The molecule has 2 aromatic carbocycles. The molecular weight excluding hydrogens is 297 g/mol. The highest BCUT2D eigenvalue weighted by molar-refractivity contribution is 7.98. The van der Waals surface area contributed by atoms with E-state index in [4.69, 9.17) is 0 Å². The van der Waals surface area contributed by atoms with Crippen LogP contribution in [-0.4, -0.2) is 6.36 Å². The number of hydrogen-bond donors (Lipinski definition) is 0. The molecule has 0 saturated carbocycles. The minimum absolute atomic E-state index is 0.192. The second kappa shape index (κ2) is 6.43. The molecule has 0 heterocycles. The number of rotatable bonds is 4. The number of aryl methyl sites for hydroxylation is 1. The molecule has 0 spiro atoms. The zero-order chi connectivity index (χ0) is 15.5. The van der Waals surface area contributed by atoms with E-state index in [9.17, 15) is 13.2 Å². The van der Waals surface area contributed by atoms with Gasteiger partial charge in [-0.25, -0.2) is 0 Å². The molecule has 2 rings (SSSR count). The molecule has 0 aliphatic carbocycles. The van der Waals surface area contributed by atoms with Crippen LogP contribution < -0.4 is 4.74 Å². The first-order valence-corrected chi connectivity index (χ1v) is 7.37. The number of hydrogen-bond acceptors (Lipinski definition) is 2. The summed E-state index contributed by atoms with van der Waals surface area (Å²) in [5.41, 5.74) is 3.42. The smallest absolute Gasteiger partial charge is 0.406 e. The Bertz CT molecular complexity index is 606. The summed E-state index contributed by atoms with van der Waals surface area (Å²) in [5.74, 6) is 0.513. The monoisotopic (exact) mass is 312 g/mol. The summed E-state index contributed by atoms with van der Waals surface area (Å²) < 4.78 is 40.0. The van der Waals surface area contributed by atoms with Crippen molar-refractivity contribution < 1.29 is 17.9 Å². The SMILES string of the molecule is Cc1cccc(SCc2ccc(OC(F)(F)F)cc2)c1C. The third-order valence-corrected chi connectivity index (χ3v) is 4.34. The van der Waals surface area contributed by atoms with Gasteiger partial charge in [-0.3, -0.25) is 0 Å². The highest BCUT2D eigenvalue weighted by Crippen LogP contribution is 2.29. The van der Waals surface area contributed by atoms with Gasteiger partial charge < -0.3 is 4.74 Å². The highest BCUT2D eigenvalue weighted by atomic mass is 32.2. The van der Waals surface area contributed by atoms with Gasteiger partial charge in [-0.1, -0.05) is 24.3 Å². The van der Waals surface area contributed by atoms with Crippen molar-refractivity contribution in [3.8, 4) is 5.75 Å². The van der Waals surface area contributed by atoms with Crippen molar-refractivity contribution in [3.63, 3.8) is 0 Å². The summed E-state index contributed by atoms with van der Waals surface area (Å²) in [7, 11) is 0. The molecule has 0 aliphatic rings. The molecular formula is C16H15F3OS. The summed E-state index contributed by atoms with van der Waals surface area (Å²) in [4.78, 5) is 1.19. The molecule has 0 amide bonds. The fourth-order valence-electron chi connectivity index (χ4n) is 1.83. The van der Waals surface area contributed by atoms with Gasteiger partial charge in [0.05, 0.1) is 0 Å². The Morgan fingerprint density at radius 2 is 1.67 bits per heavy atom. The molecule has 1 nitrogen and oxygen atoms in total. The Hall–Kier alpha value is -1.62. The molecule has 5 heteroatoms. The Morgan fingerprint density at radius 3 is 2.29 bits per heavy atom. The lowest BCUT2D eigenvalue weighted by molar-refractivity contribution is -0.274. The fourth-order valence-corrected chi connectivity index (χ4v) is 2.90. The van der Waals surface area contributed by atoms with E-state index in [1.165, 1.54) is 28.2 Å². The minimum Gasteiger partial charge on any atom is -0.406 e. The minimum atomic E-state index is -4.64. The lowest BCUT2D eigenvalue weighted by Gasteiger charge is -2.10. The van der Waals surface area contributed by atoms with Gasteiger partial charge in [0.15, 0.2) is 0 Å². The second-order valence-corrected chi connectivity index (χ2v) is 5.70. The van der Waals surface area contributed by atoms with E-state index in [-0.39, 0.29) is 5.75 Å². The Balaban J connectivity index is 1.99. The molecule has 2 aromatic rings. The number of benzene rings is 2. The molecule has 112 valence electrons. The van der Waals surface area contributed by atoms with Crippen LogP contribution in [-0.2, 0) is 5.75 Å². The first-order valence-electron chi connectivity index (χ1n) is 6.39. The molecule has 0 N–H and O–H groups in total. The van der Waals surface area contributed by atoms with E-state index in [0.29, 0.717) is 5.75 Å². The van der Waals surface area contributed by atoms with Gasteiger partial charge in [0, 0.05) is 10.6 Å². The summed E-state index contributed by atoms with van der Waals surface area (Å²) in [6.07, 6.45) is -4.64. The number of halogens is 3. The van der Waals surface area contributed by atoms with E-state index >= 15 is 0 Å². The largest absolute Gasteiger partial charge is 0.573 e. The molecule has 0 unspecified atom stereocenters. The molecule has 0 aliphatic heterocycles.